The molecule has 2 heterocycles. The van der Waals surface area contributed by atoms with E-state index in [4.69, 9.17) is 4.74 Å². The third-order valence-corrected chi connectivity index (χ3v) is 7.50. The van der Waals surface area contributed by atoms with Gasteiger partial charge in [0, 0.05) is 17.1 Å². The number of fused-ring (bicyclic) bond motifs is 1. The number of aromatic nitrogens is 2. The van der Waals surface area contributed by atoms with Gasteiger partial charge in [-0.2, -0.15) is 0 Å². The van der Waals surface area contributed by atoms with Crippen LogP contribution in [0.15, 0.2) is 48.8 Å². The molecule has 3 atom stereocenters. The molecule has 1 fully saturated rings. The fraction of sp³-hybridized carbons (Fsp3) is 0.433. The smallest absolute Gasteiger partial charge is 0.249 e. The summed E-state index contributed by atoms with van der Waals surface area (Å²) in [5.74, 6) is -0.0696. The number of methoxy groups -OCH3 is 1. The molecule has 0 unspecified atom stereocenters. The fourth-order valence-electron chi connectivity index (χ4n) is 5.01. The molecule has 41 heavy (non-hydrogen) atoms. The van der Waals surface area contributed by atoms with Crippen LogP contribution in [0.5, 0.6) is 5.75 Å². The number of benzene rings is 2. The highest BCUT2D eigenvalue weighted by molar-refractivity contribution is 6.02. The van der Waals surface area contributed by atoms with Crippen molar-refractivity contribution in [3.8, 4) is 5.75 Å². The summed E-state index contributed by atoms with van der Waals surface area (Å²) in [5.41, 5.74) is 1.54. The number of likely N-dealkylation sites (N-methyl/N-ethyl adjacent to an activating group) is 1. The molecule has 11 nitrogen and oxygen atoms in total. The Bertz CT molecular complexity index is 1390. The van der Waals surface area contributed by atoms with Crippen LogP contribution in [-0.4, -0.2) is 66.5 Å². The molecule has 4 rings (SSSR count). The van der Waals surface area contributed by atoms with Crippen molar-refractivity contribution >= 4 is 40.1 Å². The summed E-state index contributed by atoms with van der Waals surface area (Å²) in [5, 5.41) is 15.5. The van der Waals surface area contributed by atoms with Crippen molar-refractivity contribution in [1.29, 1.82) is 0 Å². The molecule has 0 aliphatic carbocycles. The highest BCUT2D eigenvalue weighted by Gasteiger charge is 2.39. The molecular weight excluding hydrogens is 522 g/mol. The second-order valence-electron chi connectivity index (χ2n) is 11.0. The Hall–Kier alpha value is -4.09. The van der Waals surface area contributed by atoms with Gasteiger partial charge in [-0.3, -0.25) is 19.7 Å². The lowest BCUT2D eigenvalue weighted by atomic mass is 9.77. The normalized spacial score (nSPS) is 16.6. The summed E-state index contributed by atoms with van der Waals surface area (Å²) in [6, 6.07) is 11.5. The van der Waals surface area contributed by atoms with E-state index < -0.39 is 29.4 Å². The number of imide groups is 1. The first-order chi connectivity index (χ1) is 19.6. The molecule has 1 saturated heterocycles. The van der Waals surface area contributed by atoms with Crippen LogP contribution < -0.4 is 31.3 Å². The molecule has 1 aromatic heterocycles. The van der Waals surface area contributed by atoms with Gasteiger partial charge in [0.2, 0.25) is 17.7 Å². The minimum absolute atomic E-state index is 0.341. The Morgan fingerprint density at radius 2 is 1.88 bits per heavy atom. The third-order valence-electron chi connectivity index (χ3n) is 7.50. The molecule has 0 spiro atoms. The van der Waals surface area contributed by atoms with E-state index in [1.807, 2.05) is 56.3 Å². The van der Waals surface area contributed by atoms with E-state index in [0.29, 0.717) is 29.9 Å². The first kappa shape index (κ1) is 29.9. The lowest BCUT2D eigenvalue weighted by Gasteiger charge is -2.35. The van der Waals surface area contributed by atoms with Crippen LogP contribution in [0.1, 0.15) is 39.2 Å². The van der Waals surface area contributed by atoms with E-state index in [2.05, 4.69) is 36.6 Å². The lowest BCUT2D eigenvalue weighted by molar-refractivity contribution is -0.137. The number of amides is 3. The SMILES string of the molecule is CN[C@@H](C)C(=O)N[C@H](C(=O)NC(=O)[C@@H]1CCCN1)C(C)(C)Cc1cc2c(Nc3ccccc3)ncnc2cc1OC. The minimum atomic E-state index is -1.01. The van der Waals surface area contributed by atoms with Crippen LogP contribution in [0.2, 0.25) is 0 Å². The van der Waals surface area contributed by atoms with Gasteiger partial charge in [-0.05, 0) is 69.0 Å². The summed E-state index contributed by atoms with van der Waals surface area (Å²) >= 11 is 0. The maximum Gasteiger partial charge on any atom is 0.249 e. The number of nitrogens with one attached hydrogen (secondary N) is 5. The average Bonchev–Trinajstić information content (AvgIpc) is 3.51. The average molecular weight is 562 g/mol. The zero-order valence-electron chi connectivity index (χ0n) is 24.2. The number of para-hydroxylation sites is 1. The van der Waals surface area contributed by atoms with Crippen molar-refractivity contribution in [1.82, 2.24) is 31.2 Å². The second-order valence-corrected chi connectivity index (χ2v) is 11.0. The van der Waals surface area contributed by atoms with Crippen LogP contribution in [-0.2, 0) is 20.8 Å². The number of carbonyl (C=O) groups excluding carboxylic acids is 3. The van der Waals surface area contributed by atoms with Crippen molar-refractivity contribution in [2.75, 3.05) is 26.0 Å². The predicted octanol–water partition coefficient (Wildman–Crippen LogP) is 2.44. The maximum absolute atomic E-state index is 13.6. The van der Waals surface area contributed by atoms with Gasteiger partial charge in [0.05, 0.1) is 24.7 Å². The van der Waals surface area contributed by atoms with Crippen molar-refractivity contribution in [2.24, 2.45) is 5.41 Å². The zero-order valence-corrected chi connectivity index (χ0v) is 24.2. The standard InChI is InChI=1S/C30H39N7O4/c1-18(31-4)27(38)36-25(29(40)37-28(39)22-12-9-13-32-22)30(2,3)16-19-14-21-23(15-24(19)41-5)33-17-34-26(21)35-20-10-7-6-8-11-20/h6-8,10-11,14-15,17-18,22,25,31-32H,9,12-13,16H2,1-5H3,(H,36,38)(H,33,34,35)(H,37,39,40)/t18-,22-,25+/m0/s1. The Kier molecular flexibility index (Phi) is 9.51. The van der Waals surface area contributed by atoms with Crippen molar-refractivity contribution < 1.29 is 19.1 Å². The summed E-state index contributed by atoms with van der Waals surface area (Å²) in [6.45, 7) is 6.20. The molecule has 1 aliphatic rings. The first-order valence-corrected chi connectivity index (χ1v) is 13.8. The number of carbonyl (C=O) groups is 3. The second kappa shape index (κ2) is 13.0. The Morgan fingerprint density at radius 1 is 1.12 bits per heavy atom. The number of nitrogens with zero attached hydrogens (tertiary/aromatic N) is 2. The van der Waals surface area contributed by atoms with Crippen LogP contribution in [0, 0.1) is 5.41 Å². The largest absolute Gasteiger partial charge is 0.496 e. The first-order valence-electron chi connectivity index (χ1n) is 13.8. The molecule has 0 radical (unpaired) electrons. The molecule has 1 aliphatic heterocycles. The van der Waals surface area contributed by atoms with Crippen LogP contribution in [0.25, 0.3) is 10.9 Å². The van der Waals surface area contributed by atoms with E-state index >= 15 is 0 Å². The van der Waals surface area contributed by atoms with Gasteiger partial charge in [0.25, 0.3) is 0 Å². The third kappa shape index (κ3) is 7.17. The molecule has 0 bridgehead atoms. The topological polar surface area (TPSA) is 146 Å². The van der Waals surface area contributed by atoms with E-state index in [0.717, 1.165) is 29.6 Å². The molecule has 218 valence electrons. The van der Waals surface area contributed by atoms with Crippen LogP contribution in [0.4, 0.5) is 11.5 Å². The molecule has 3 amide bonds. The van der Waals surface area contributed by atoms with Crippen molar-refractivity contribution in [2.45, 2.75) is 58.2 Å². The molecule has 2 aromatic carbocycles. The van der Waals surface area contributed by atoms with Gasteiger partial charge < -0.3 is 26.0 Å². The molecule has 11 heteroatoms. The van der Waals surface area contributed by atoms with Crippen molar-refractivity contribution in [3.05, 3.63) is 54.4 Å². The van der Waals surface area contributed by atoms with E-state index in [1.54, 1.807) is 21.1 Å². The van der Waals surface area contributed by atoms with Gasteiger partial charge in [-0.25, -0.2) is 9.97 Å². The highest BCUT2D eigenvalue weighted by Crippen LogP contribution is 2.35. The van der Waals surface area contributed by atoms with Gasteiger partial charge in [0.15, 0.2) is 0 Å². The molecule has 0 saturated carbocycles. The Balaban J connectivity index is 1.67. The van der Waals surface area contributed by atoms with E-state index in [-0.39, 0.29) is 11.8 Å². The van der Waals surface area contributed by atoms with Gasteiger partial charge >= 0.3 is 0 Å². The number of rotatable bonds is 11. The fourth-order valence-corrected chi connectivity index (χ4v) is 5.01. The van der Waals surface area contributed by atoms with Gasteiger partial charge in [-0.15, -0.1) is 0 Å². The number of ether oxygens (including phenoxy) is 1. The highest BCUT2D eigenvalue weighted by atomic mass is 16.5. The summed E-state index contributed by atoms with van der Waals surface area (Å²) < 4.78 is 5.73. The van der Waals surface area contributed by atoms with E-state index in [9.17, 15) is 14.4 Å². The number of anilines is 2. The summed E-state index contributed by atoms with van der Waals surface area (Å²) in [4.78, 5) is 48.2. The lowest BCUT2D eigenvalue weighted by Crippen LogP contribution is -2.59. The van der Waals surface area contributed by atoms with Crippen LogP contribution in [0.3, 0.4) is 0 Å². The van der Waals surface area contributed by atoms with E-state index in [1.165, 1.54) is 6.33 Å². The number of hydrogen-bond donors (Lipinski definition) is 5. The minimum Gasteiger partial charge on any atom is -0.496 e. The molecular formula is C30H39N7O4. The molecule has 3 aromatic rings. The van der Waals surface area contributed by atoms with Crippen LogP contribution >= 0.6 is 0 Å². The van der Waals surface area contributed by atoms with Gasteiger partial charge in [0.1, 0.15) is 23.9 Å². The predicted molar refractivity (Wildman–Crippen MR) is 158 cm³/mol. The monoisotopic (exact) mass is 561 g/mol. The van der Waals surface area contributed by atoms with Gasteiger partial charge in [-0.1, -0.05) is 32.0 Å². The molecule has 5 N–H and O–H groups in total. The quantitative estimate of drug-likeness (QED) is 0.238. The maximum atomic E-state index is 13.6. The summed E-state index contributed by atoms with van der Waals surface area (Å²) in [7, 11) is 3.25. The number of hydrogen-bond acceptors (Lipinski definition) is 9. The van der Waals surface area contributed by atoms with Crippen molar-refractivity contribution in [3.63, 3.8) is 0 Å². The summed E-state index contributed by atoms with van der Waals surface area (Å²) in [6.07, 6.45) is 3.36. The zero-order chi connectivity index (χ0) is 29.6. The Labute approximate surface area is 240 Å². The Morgan fingerprint density at radius 3 is 2.54 bits per heavy atom.